The molecule has 2 heterocycles. The molecule has 3 nitrogen and oxygen atoms in total. The SMILES string of the molecule is CC1=C(C)N(c2c(C)cc(C)c(-c3ccccc3C)[n+]2C)[C@H](C)N1C. The van der Waals surface area contributed by atoms with E-state index in [1.54, 1.807) is 0 Å². The van der Waals surface area contributed by atoms with E-state index in [-0.39, 0.29) is 0 Å². The molecule has 3 heteroatoms. The van der Waals surface area contributed by atoms with Gasteiger partial charge in [0.25, 0.3) is 5.82 Å². The smallest absolute Gasteiger partial charge is 0.286 e. The minimum atomic E-state index is 0.317. The van der Waals surface area contributed by atoms with Crippen molar-refractivity contribution in [3.8, 4) is 11.3 Å². The Morgan fingerprint density at radius 3 is 2.08 bits per heavy atom. The predicted octanol–water partition coefficient (Wildman–Crippen LogP) is 4.45. The van der Waals surface area contributed by atoms with Crippen molar-refractivity contribution in [2.75, 3.05) is 11.9 Å². The number of pyridine rings is 1. The normalized spacial score (nSPS) is 17.7. The number of nitrogens with zero attached hydrogens (tertiary/aromatic N) is 3. The summed E-state index contributed by atoms with van der Waals surface area (Å²) in [5, 5.41) is 0. The first kappa shape index (κ1) is 17.5. The quantitative estimate of drug-likeness (QED) is 0.750. The molecule has 3 rings (SSSR count). The van der Waals surface area contributed by atoms with E-state index in [1.165, 1.54) is 45.2 Å². The fourth-order valence-corrected chi connectivity index (χ4v) is 4.17. The standard InChI is InChI=1S/C22H30N3/c1-14-11-9-10-12-20(14)21-15(2)13-16(3)22(24(21)8)25-18(5)17(4)23(7)19(25)6/h9-13,19H,1-8H3/q+1/t19-/m1/s1. The molecule has 0 fully saturated rings. The molecule has 1 aliphatic rings. The molecule has 0 N–H and O–H groups in total. The zero-order valence-electron chi connectivity index (χ0n) is 16.8. The molecular formula is C22H30N3+. The zero-order chi connectivity index (χ0) is 18.5. The second-order valence-corrected chi connectivity index (χ2v) is 7.34. The van der Waals surface area contributed by atoms with Gasteiger partial charge in [0.15, 0.2) is 6.17 Å². The van der Waals surface area contributed by atoms with Gasteiger partial charge in [-0.15, -0.1) is 0 Å². The number of rotatable bonds is 2. The van der Waals surface area contributed by atoms with Crippen molar-refractivity contribution in [3.63, 3.8) is 0 Å². The van der Waals surface area contributed by atoms with Crippen LogP contribution < -0.4 is 9.47 Å². The highest BCUT2D eigenvalue weighted by molar-refractivity contribution is 5.66. The third-order valence-electron chi connectivity index (χ3n) is 5.79. The maximum absolute atomic E-state index is 2.46. The number of aromatic nitrogens is 1. The molecule has 132 valence electrons. The van der Waals surface area contributed by atoms with Crippen LogP contribution in [-0.4, -0.2) is 18.1 Å². The van der Waals surface area contributed by atoms with E-state index >= 15 is 0 Å². The van der Waals surface area contributed by atoms with Crippen molar-refractivity contribution in [2.24, 2.45) is 7.05 Å². The molecule has 25 heavy (non-hydrogen) atoms. The Morgan fingerprint density at radius 2 is 1.52 bits per heavy atom. The van der Waals surface area contributed by atoms with Gasteiger partial charge in [-0.2, -0.15) is 0 Å². The van der Waals surface area contributed by atoms with Crippen LogP contribution in [0.5, 0.6) is 0 Å². The highest BCUT2D eigenvalue weighted by Gasteiger charge is 2.39. The number of allylic oxidation sites excluding steroid dienone is 2. The van der Waals surface area contributed by atoms with Crippen molar-refractivity contribution in [2.45, 2.75) is 47.7 Å². The van der Waals surface area contributed by atoms with E-state index in [9.17, 15) is 0 Å². The maximum Gasteiger partial charge on any atom is 0.286 e. The van der Waals surface area contributed by atoms with Gasteiger partial charge in [-0.25, -0.2) is 9.47 Å². The van der Waals surface area contributed by atoms with Crippen molar-refractivity contribution in [3.05, 3.63) is 58.4 Å². The summed E-state index contributed by atoms with van der Waals surface area (Å²) in [5.74, 6) is 1.28. The molecule has 0 saturated carbocycles. The summed E-state index contributed by atoms with van der Waals surface area (Å²) in [6.45, 7) is 13.3. The summed E-state index contributed by atoms with van der Waals surface area (Å²) >= 11 is 0. The first-order valence-corrected chi connectivity index (χ1v) is 9.01. The monoisotopic (exact) mass is 336 g/mol. The van der Waals surface area contributed by atoms with E-state index < -0.39 is 0 Å². The molecule has 2 aromatic rings. The van der Waals surface area contributed by atoms with Crippen LogP contribution in [0, 0.1) is 20.8 Å². The fraction of sp³-hybridized carbons (Fsp3) is 0.409. The van der Waals surface area contributed by atoms with Crippen LogP contribution in [0.15, 0.2) is 41.7 Å². The van der Waals surface area contributed by atoms with Crippen molar-refractivity contribution in [1.29, 1.82) is 0 Å². The molecule has 0 spiro atoms. The van der Waals surface area contributed by atoms with Gasteiger partial charge < -0.3 is 4.90 Å². The largest absolute Gasteiger partial charge is 0.337 e. The van der Waals surface area contributed by atoms with Gasteiger partial charge in [0, 0.05) is 18.2 Å². The van der Waals surface area contributed by atoms with Gasteiger partial charge in [-0.1, -0.05) is 24.3 Å². The molecule has 0 bridgehead atoms. The Morgan fingerprint density at radius 1 is 0.880 bits per heavy atom. The Hall–Kier alpha value is -2.29. The molecule has 0 aliphatic carbocycles. The van der Waals surface area contributed by atoms with Crippen molar-refractivity contribution in [1.82, 2.24) is 4.90 Å². The minimum Gasteiger partial charge on any atom is -0.337 e. The molecule has 1 aromatic carbocycles. The molecule has 0 amide bonds. The minimum absolute atomic E-state index is 0.317. The Bertz CT molecular complexity index is 864. The summed E-state index contributed by atoms with van der Waals surface area (Å²) in [4.78, 5) is 4.81. The van der Waals surface area contributed by atoms with Gasteiger partial charge in [0.2, 0.25) is 0 Å². The van der Waals surface area contributed by atoms with Crippen LogP contribution in [0.4, 0.5) is 5.82 Å². The van der Waals surface area contributed by atoms with E-state index in [0.29, 0.717) is 6.17 Å². The van der Waals surface area contributed by atoms with E-state index in [2.05, 4.69) is 100 Å². The molecule has 0 saturated heterocycles. The lowest BCUT2D eigenvalue weighted by atomic mass is 9.99. The van der Waals surface area contributed by atoms with Crippen LogP contribution in [0.25, 0.3) is 11.3 Å². The lowest BCUT2D eigenvalue weighted by Crippen LogP contribution is -2.46. The average molecular weight is 337 g/mol. The van der Waals surface area contributed by atoms with Crippen LogP contribution in [0.3, 0.4) is 0 Å². The lowest BCUT2D eigenvalue weighted by Gasteiger charge is -2.26. The third-order valence-corrected chi connectivity index (χ3v) is 5.79. The van der Waals surface area contributed by atoms with Gasteiger partial charge >= 0.3 is 0 Å². The Kier molecular flexibility index (Phi) is 4.36. The van der Waals surface area contributed by atoms with Crippen LogP contribution in [0.1, 0.15) is 37.5 Å². The summed E-state index contributed by atoms with van der Waals surface area (Å²) < 4.78 is 2.37. The number of anilines is 1. The summed E-state index contributed by atoms with van der Waals surface area (Å²) in [7, 11) is 4.38. The topological polar surface area (TPSA) is 10.4 Å². The second-order valence-electron chi connectivity index (χ2n) is 7.34. The summed E-state index contributed by atoms with van der Waals surface area (Å²) in [6, 6.07) is 11.0. The van der Waals surface area contributed by atoms with Gasteiger partial charge in [-0.3, -0.25) is 0 Å². The molecular weight excluding hydrogens is 306 g/mol. The van der Waals surface area contributed by atoms with Gasteiger partial charge in [0.05, 0.1) is 12.7 Å². The fourth-order valence-electron chi connectivity index (χ4n) is 4.17. The Balaban J connectivity index is 2.27. The van der Waals surface area contributed by atoms with Crippen molar-refractivity contribution < 1.29 is 4.57 Å². The average Bonchev–Trinajstić information content (AvgIpc) is 2.74. The second kappa shape index (κ2) is 6.21. The molecule has 1 aliphatic heterocycles. The zero-order valence-corrected chi connectivity index (χ0v) is 16.8. The molecule has 0 unspecified atom stereocenters. The van der Waals surface area contributed by atoms with E-state index in [0.717, 1.165) is 0 Å². The van der Waals surface area contributed by atoms with Gasteiger partial charge in [-0.05, 0) is 58.7 Å². The number of aryl methyl sites for hydroxylation is 3. The lowest BCUT2D eigenvalue weighted by molar-refractivity contribution is -0.648. The van der Waals surface area contributed by atoms with Crippen LogP contribution in [-0.2, 0) is 7.05 Å². The predicted molar refractivity (Wildman–Crippen MR) is 105 cm³/mol. The Labute approximate surface area is 152 Å². The first-order chi connectivity index (χ1) is 11.8. The summed E-state index contributed by atoms with van der Waals surface area (Å²) in [5.41, 5.74) is 9.21. The number of hydrogen-bond donors (Lipinski definition) is 0. The molecule has 1 aromatic heterocycles. The molecule has 1 atom stereocenters. The maximum atomic E-state index is 2.46. The van der Waals surface area contributed by atoms with E-state index in [1.807, 2.05) is 0 Å². The molecule has 0 radical (unpaired) electrons. The van der Waals surface area contributed by atoms with E-state index in [4.69, 9.17) is 0 Å². The van der Waals surface area contributed by atoms with Crippen LogP contribution >= 0.6 is 0 Å². The van der Waals surface area contributed by atoms with Crippen LogP contribution in [0.2, 0.25) is 0 Å². The third kappa shape index (κ3) is 2.62. The van der Waals surface area contributed by atoms with Gasteiger partial charge in [0.1, 0.15) is 11.4 Å². The highest BCUT2D eigenvalue weighted by atomic mass is 15.4. The number of benzene rings is 1. The first-order valence-electron chi connectivity index (χ1n) is 9.01. The van der Waals surface area contributed by atoms with Crippen molar-refractivity contribution >= 4 is 5.82 Å². The highest BCUT2D eigenvalue weighted by Crippen LogP contribution is 2.35. The summed E-state index contributed by atoms with van der Waals surface area (Å²) in [6.07, 6.45) is 0.317. The number of hydrogen-bond acceptors (Lipinski definition) is 2.